The van der Waals surface area contributed by atoms with Gasteiger partial charge in [0.25, 0.3) is 5.92 Å². The Morgan fingerprint density at radius 3 is 2.86 bits per heavy atom. The zero-order valence-corrected chi connectivity index (χ0v) is 12.6. The van der Waals surface area contributed by atoms with Crippen LogP contribution in [0.25, 0.3) is 0 Å². The van der Waals surface area contributed by atoms with Gasteiger partial charge in [-0.2, -0.15) is 0 Å². The van der Waals surface area contributed by atoms with Crippen molar-refractivity contribution in [2.75, 3.05) is 17.7 Å². The van der Waals surface area contributed by atoms with Gasteiger partial charge in [0.05, 0.1) is 27.5 Å². The van der Waals surface area contributed by atoms with Gasteiger partial charge in [0.1, 0.15) is 6.61 Å². The number of benzene rings is 1. The third kappa shape index (κ3) is 3.65. The monoisotopic (exact) mass is 317 g/mol. The van der Waals surface area contributed by atoms with E-state index in [1.54, 1.807) is 13.8 Å². The fourth-order valence-electron chi connectivity index (χ4n) is 2.06. The number of rotatable bonds is 4. The highest BCUT2D eigenvalue weighted by atomic mass is 32.2. The quantitative estimate of drug-likeness (QED) is 0.929. The van der Waals surface area contributed by atoms with Crippen LogP contribution in [-0.4, -0.2) is 28.6 Å². The first-order valence-electron chi connectivity index (χ1n) is 6.62. The first-order valence-corrected chi connectivity index (χ1v) is 7.94. The van der Waals surface area contributed by atoms with E-state index in [9.17, 15) is 17.8 Å². The zero-order chi connectivity index (χ0) is 15.6. The number of carbonyl (C=O) groups excluding carboxylic acids is 1. The molecule has 0 saturated heterocycles. The summed E-state index contributed by atoms with van der Waals surface area (Å²) in [7, 11) is -1.54. The number of hydrogen-bond donors (Lipinski definition) is 1. The molecule has 0 bridgehead atoms. The first-order chi connectivity index (χ1) is 9.81. The normalized spacial score (nSPS) is 20.1. The van der Waals surface area contributed by atoms with Crippen molar-refractivity contribution >= 4 is 22.4 Å². The van der Waals surface area contributed by atoms with Crippen molar-refractivity contribution in [2.24, 2.45) is 0 Å². The summed E-state index contributed by atoms with van der Waals surface area (Å²) >= 11 is 0. The third-order valence-corrected chi connectivity index (χ3v) is 4.53. The van der Waals surface area contributed by atoms with E-state index in [0.29, 0.717) is 0 Å². The first kappa shape index (κ1) is 16.0. The summed E-state index contributed by atoms with van der Waals surface area (Å²) in [5.74, 6) is -3.59. The molecular formula is C14H17F2NO3S. The highest BCUT2D eigenvalue weighted by Gasteiger charge is 2.40. The largest absolute Gasteiger partial charge is 0.369 e. The van der Waals surface area contributed by atoms with E-state index in [1.165, 1.54) is 18.2 Å². The van der Waals surface area contributed by atoms with Gasteiger partial charge in [-0.15, -0.1) is 0 Å². The molecule has 1 aliphatic rings. The van der Waals surface area contributed by atoms with Crippen molar-refractivity contribution in [1.82, 2.24) is 0 Å². The van der Waals surface area contributed by atoms with E-state index >= 15 is 0 Å². The fourth-order valence-corrected chi connectivity index (χ4v) is 3.53. The van der Waals surface area contributed by atoms with Crippen LogP contribution in [0.3, 0.4) is 0 Å². The number of hydrogen-bond acceptors (Lipinski definition) is 3. The maximum atomic E-state index is 13.9. The SMILES string of the molecule is CC(C)OCC(=O)Nc1cccc2c1S(=O)CCC2(F)F. The number of alkyl halides is 2. The van der Waals surface area contributed by atoms with E-state index in [1.807, 2.05) is 0 Å². The number of fused-ring (bicyclic) bond motifs is 1. The number of halogens is 2. The number of anilines is 1. The van der Waals surface area contributed by atoms with E-state index in [-0.39, 0.29) is 34.6 Å². The maximum absolute atomic E-state index is 13.9. The van der Waals surface area contributed by atoms with Gasteiger partial charge in [-0.3, -0.25) is 9.00 Å². The van der Waals surface area contributed by atoms with Crippen LogP contribution in [0.15, 0.2) is 23.1 Å². The third-order valence-electron chi connectivity index (χ3n) is 3.06. The Labute approximate surface area is 124 Å². The molecule has 0 fully saturated rings. The molecule has 1 aromatic carbocycles. The lowest BCUT2D eigenvalue weighted by atomic mass is 10.0. The van der Waals surface area contributed by atoms with Crippen LogP contribution in [-0.2, 0) is 26.3 Å². The molecule has 1 aliphatic heterocycles. The lowest BCUT2D eigenvalue weighted by Crippen LogP contribution is -2.27. The second kappa shape index (κ2) is 6.19. The minimum Gasteiger partial charge on any atom is -0.369 e. The van der Waals surface area contributed by atoms with E-state index in [0.717, 1.165) is 0 Å². The van der Waals surface area contributed by atoms with Crippen molar-refractivity contribution in [3.05, 3.63) is 23.8 Å². The van der Waals surface area contributed by atoms with Gasteiger partial charge in [0.15, 0.2) is 0 Å². The molecule has 1 amide bonds. The Morgan fingerprint density at radius 1 is 1.48 bits per heavy atom. The van der Waals surface area contributed by atoms with Gasteiger partial charge in [0, 0.05) is 17.7 Å². The van der Waals surface area contributed by atoms with E-state index < -0.39 is 29.1 Å². The predicted molar refractivity (Wildman–Crippen MR) is 75.9 cm³/mol. The van der Waals surface area contributed by atoms with Gasteiger partial charge < -0.3 is 10.1 Å². The van der Waals surface area contributed by atoms with Gasteiger partial charge in [-0.05, 0) is 19.9 Å². The molecule has 0 spiro atoms. The van der Waals surface area contributed by atoms with E-state index in [2.05, 4.69) is 5.32 Å². The van der Waals surface area contributed by atoms with Crippen LogP contribution < -0.4 is 5.32 Å². The highest BCUT2D eigenvalue weighted by Crippen LogP contribution is 2.42. The molecular weight excluding hydrogens is 300 g/mol. The van der Waals surface area contributed by atoms with Crippen molar-refractivity contribution in [2.45, 2.75) is 37.2 Å². The fraction of sp³-hybridized carbons (Fsp3) is 0.500. The van der Waals surface area contributed by atoms with Crippen LogP contribution in [0.2, 0.25) is 0 Å². The molecule has 0 aromatic heterocycles. The topological polar surface area (TPSA) is 55.4 Å². The van der Waals surface area contributed by atoms with Gasteiger partial charge >= 0.3 is 0 Å². The minimum atomic E-state index is -3.02. The molecule has 1 N–H and O–H groups in total. The van der Waals surface area contributed by atoms with Crippen LogP contribution in [0, 0.1) is 0 Å². The summed E-state index contributed by atoms with van der Waals surface area (Å²) in [5.41, 5.74) is -0.0998. The van der Waals surface area contributed by atoms with Crippen LogP contribution in [0.5, 0.6) is 0 Å². The van der Waals surface area contributed by atoms with Crippen molar-refractivity contribution < 1.29 is 22.5 Å². The van der Waals surface area contributed by atoms with Crippen molar-refractivity contribution in [3.63, 3.8) is 0 Å². The summed E-state index contributed by atoms with van der Waals surface area (Å²) < 4.78 is 44.9. The van der Waals surface area contributed by atoms with E-state index in [4.69, 9.17) is 4.74 Å². The molecule has 2 rings (SSSR count). The van der Waals surface area contributed by atoms with Gasteiger partial charge in [-0.25, -0.2) is 8.78 Å². The summed E-state index contributed by atoms with van der Waals surface area (Å²) in [6.07, 6.45) is -0.556. The maximum Gasteiger partial charge on any atom is 0.275 e. The molecule has 7 heteroatoms. The molecule has 0 aliphatic carbocycles. The van der Waals surface area contributed by atoms with Crippen LogP contribution in [0.4, 0.5) is 14.5 Å². The average Bonchev–Trinajstić information content (AvgIpc) is 2.41. The number of amides is 1. The Morgan fingerprint density at radius 2 is 2.19 bits per heavy atom. The highest BCUT2D eigenvalue weighted by molar-refractivity contribution is 7.85. The molecule has 1 aromatic rings. The minimum absolute atomic E-state index is 0.0200. The Kier molecular flexibility index (Phi) is 4.73. The van der Waals surface area contributed by atoms with Gasteiger partial charge in [0.2, 0.25) is 5.91 Å². The second-order valence-electron chi connectivity index (χ2n) is 5.09. The summed E-state index contributed by atoms with van der Waals surface area (Å²) in [5, 5.41) is 2.50. The molecule has 1 heterocycles. The zero-order valence-electron chi connectivity index (χ0n) is 11.8. The summed E-state index contributed by atoms with van der Waals surface area (Å²) in [6.45, 7) is 3.39. The van der Waals surface area contributed by atoms with Crippen LogP contribution in [0.1, 0.15) is 25.8 Å². The number of carbonyl (C=O) groups is 1. The number of nitrogens with one attached hydrogen (secondary N) is 1. The molecule has 116 valence electrons. The molecule has 1 atom stereocenters. The smallest absolute Gasteiger partial charge is 0.275 e. The Hall–Kier alpha value is -1.34. The molecule has 4 nitrogen and oxygen atoms in total. The summed E-state index contributed by atoms with van der Waals surface area (Å²) in [6, 6.07) is 4.16. The number of ether oxygens (including phenoxy) is 1. The van der Waals surface area contributed by atoms with Crippen molar-refractivity contribution in [3.8, 4) is 0 Å². The Bertz CT molecular complexity index is 575. The summed E-state index contributed by atoms with van der Waals surface area (Å²) in [4.78, 5) is 11.8. The lowest BCUT2D eigenvalue weighted by molar-refractivity contribution is -0.122. The van der Waals surface area contributed by atoms with Gasteiger partial charge in [-0.1, -0.05) is 12.1 Å². The molecule has 0 radical (unpaired) electrons. The lowest BCUT2D eigenvalue weighted by Gasteiger charge is -2.26. The molecule has 21 heavy (non-hydrogen) atoms. The average molecular weight is 317 g/mol. The Balaban J connectivity index is 2.26. The van der Waals surface area contributed by atoms with Crippen molar-refractivity contribution in [1.29, 1.82) is 0 Å². The standard InChI is InChI=1S/C14H17F2NO3S/c1-9(2)20-8-12(18)17-11-5-3-4-10-13(11)21(19)7-6-14(10,15)16/h3-5,9H,6-8H2,1-2H3,(H,17,18). The van der Waals surface area contributed by atoms with Crippen LogP contribution >= 0.6 is 0 Å². The second-order valence-corrected chi connectivity index (χ2v) is 6.60. The molecule has 0 saturated carbocycles. The molecule has 1 unspecified atom stereocenters. The predicted octanol–water partition coefficient (Wildman–Crippen LogP) is 2.65.